The maximum absolute atomic E-state index is 12.8. The van der Waals surface area contributed by atoms with Gasteiger partial charge in [-0.05, 0) is 24.3 Å². The van der Waals surface area contributed by atoms with Gasteiger partial charge in [0.15, 0.2) is 5.16 Å². The molecule has 33 heavy (non-hydrogen) atoms. The molecule has 2 heterocycles. The van der Waals surface area contributed by atoms with Gasteiger partial charge in [-0.15, -0.1) is 5.10 Å². The molecular weight excluding hydrogens is 446 g/mol. The van der Waals surface area contributed by atoms with E-state index < -0.39 is 4.92 Å². The number of hydrogen-bond acceptors (Lipinski definition) is 9. The maximum atomic E-state index is 12.8. The van der Waals surface area contributed by atoms with Crippen molar-refractivity contribution in [3.63, 3.8) is 0 Å². The Balaban J connectivity index is 1.47. The minimum atomic E-state index is -0.460. The Bertz CT molecular complexity index is 1330. The summed E-state index contributed by atoms with van der Waals surface area (Å²) in [6.07, 6.45) is 0. The number of non-ortho nitro benzene ring substituents is 1. The van der Waals surface area contributed by atoms with Gasteiger partial charge in [-0.1, -0.05) is 29.1 Å². The Labute approximate surface area is 192 Å². The van der Waals surface area contributed by atoms with E-state index in [1.165, 1.54) is 23.9 Å². The van der Waals surface area contributed by atoms with E-state index in [0.29, 0.717) is 41.2 Å². The van der Waals surface area contributed by atoms with Crippen LogP contribution in [-0.4, -0.2) is 56.3 Å². The number of para-hydroxylation sites is 1. The van der Waals surface area contributed by atoms with E-state index in [9.17, 15) is 14.9 Å². The number of rotatable bonds is 9. The van der Waals surface area contributed by atoms with Crippen LogP contribution in [-0.2, 0) is 6.54 Å². The zero-order valence-electron chi connectivity index (χ0n) is 18.0. The SMILES string of the molecule is CN(C)c1c(Cn2nnc3ccccc32)nc(SCCOc2ccc([N+](=O)[O-])cc2)[nH]c1=O. The summed E-state index contributed by atoms with van der Waals surface area (Å²) in [7, 11) is 3.58. The molecule has 170 valence electrons. The second-order valence-electron chi connectivity index (χ2n) is 7.24. The largest absolute Gasteiger partial charge is 0.493 e. The van der Waals surface area contributed by atoms with Gasteiger partial charge in [0.25, 0.3) is 11.2 Å². The first kappa shape index (κ1) is 22.3. The van der Waals surface area contributed by atoms with Crippen LogP contribution >= 0.6 is 11.8 Å². The number of aromatic amines is 1. The van der Waals surface area contributed by atoms with Gasteiger partial charge in [0.1, 0.15) is 17.0 Å². The fourth-order valence-electron chi connectivity index (χ4n) is 3.27. The Kier molecular flexibility index (Phi) is 6.54. The molecule has 4 rings (SSSR count). The lowest BCUT2D eigenvalue weighted by molar-refractivity contribution is -0.384. The monoisotopic (exact) mass is 467 g/mol. The van der Waals surface area contributed by atoms with E-state index in [-0.39, 0.29) is 11.2 Å². The normalized spacial score (nSPS) is 11.0. The summed E-state index contributed by atoms with van der Waals surface area (Å²) in [5.41, 5.74) is 2.43. The number of anilines is 1. The van der Waals surface area contributed by atoms with Gasteiger partial charge in [-0.25, -0.2) is 9.67 Å². The van der Waals surface area contributed by atoms with E-state index >= 15 is 0 Å². The van der Waals surface area contributed by atoms with Crippen molar-refractivity contribution in [2.45, 2.75) is 11.7 Å². The summed E-state index contributed by atoms with van der Waals surface area (Å²) in [6, 6.07) is 13.5. The fraction of sp³-hybridized carbons (Fsp3) is 0.238. The average molecular weight is 468 g/mol. The molecule has 0 atom stereocenters. The molecule has 1 N–H and O–H groups in total. The zero-order valence-corrected chi connectivity index (χ0v) is 18.8. The van der Waals surface area contributed by atoms with E-state index in [0.717, 1.165) is 11.0 Å². The molecule has 11 nitrogen and oxygen atoms in total. The van der Waals surface area contributed by atoms with Crippen LogP contribution in [0.3, 0.4) is 0 Å². The summed E-state index contributed by atoms with van der Waals surface area (Å²) in [5.74, 6) is 1.05. The maximum Gasteiger partial charge on any atom is 0.275 e. The van der Waals surface area contributed by atoms with E-state index in [2.05, 4.69) is 20.3 Å². The number of ether oxygens (including phenoxy) is 1. The number of benzene rings is 2. The van der Waals surface area contributed by atoms with Crippen LogP contribution in [0.15, 0.2) is 58.5 Å². The highest BCUT2D eigenvalue weighted by Gasteiger charge is 2.16. The number of H-pyrrole nitrogens is 1. The van der Waals surface area contributed by atoms with Crippen molar-refractivity contribution in [2.75, 3.05) is 31.4 Å². The van der Waals surface area contributed by atoms with Crippen LogP contribution in [0.5, 0.6) is 5.75 Å². The Morgan fingerprint density at radius 2 is 1.94 bits per heavy atom. The molecule has 0 aliphatic rings. The molecule has 0 bridgehead atoms. The zero-order chi connectivity index (χ0) is 23.4. The molecule has 0 radical (unpaired) electrons. The quantitative estimate of drug-likeness (QED) is 0.130. The minimum absolute atomic E-state index is 0.00664. The van der Waals surface area contributed by atoms with E-state index in [4.69, 9.17) is 4.74 Å². The van der Waals surface area contributed by atoms with Gasteiger partial charge < -0.3 is 9.64 Å². The number of nitro benzene ring substituents is 1. The van der Waals surface area contributed by atoms with Gasteiger partial charge >= 0.3 is 0 Å². The van der Waals surface area contributed by atoms with Gasteiger partial charge in [0.05, 0.1) is 29.3 Å². The minimum Gasteiger partial charge on any atom is -0.493 e. The first-order chi connectivity index (χ1) is 15.9. The third kappa shape index (κ3) is 5.12. The van der Waals surface area contributed by atoms with Crippen molar-refractivity contribution in [3.8, 4) is 5.75 Å². The molecule has 2 aromatic heterocycles. The molecule has 0 spiro atoms. The lowest BCUT2D eigenvalue weighted by Gasteiger charge is -2.16. The number of fused-ring (bicyclic) bond motifs is 1. The molecule has 0 aliphatic carbocycles. The summed E-state index contributed by atoms with van der Waals surface area (Å²) in [6.45, 7) is 0.634. The molecular formula is C21H21N7O4S. The topological polar surface area (TPSA) is 132 Å². The van der Waals surface area contributed by atoms with Gasteiger partial charge in [-0.2, -0.15) is 0 Å². The Morgan fingerprint density at radius 1 is 1.18 bits per heavy atom. The number of thioether (sulfide) groups is 1. The van der Waals surface area contributed by atoms with Crippen molar-refractivity contribution in [2.24, 2.45) is 0 Å². The third-order valence-corrected chi connectivity index (χ3v) is 5.59. The molecule has 0 aliphatic heterocycles. The molecule has 0 saturated heterocycles. The Hall–Kier alpha value is -3.93. The summed E-state index contributed by atoms with van der Waals surface area (Å²) in [4.78, 5) is 32.2. The number of hydrogen-bond donors (Lipinski definition) is 1. The van der Waals surface area contributed by atoms with Crippen LogP contribution in [0, 0.1) is 10.1 Å². The highest BCUT2D eigenvalue weighted by atomic mass is 32.2. The van der Waals surface area contributed by atoms with Crippen LogP contribution in [0.1, 0.15) is 5.69 Å². The first-order valence-electron chi connectivity index (χ1n) is 10.0. The van der Waals surface area contributed by atoms with E-state index in [1.807, 2.05) is 24.3 Å². The van der Waals surface area contributed by atoms with Gasteiger partial charge in [-0.3, -0.25) is 19.9 Å². The number of nitro groups is 1. The van der Waals surface area contributed by atoms with Crippen molar-refractivity contribution in [3.05, 3.63) is 74.7 Å². The molecule has 0 unspecified atom stereocenters. The van der Waals surface area contributed by atoms with Crippen molar-refractivity contribution in [1.82, 2.24) is 25.0 Å². The number of aromatic nitrogens is 5. The van der Waals surface area contributed by atoms with Crippen LogP contribution in [0.2, 0.25) is 0 Å². The molecule has 4 aromatic rings. The summed E-state index contributed by atoms with van der Waals surface area (Å²) >= 11 is 1.35. The van der Waals surface area contributed by atoms with Gasteiger partial charge in [0.2, 0.25) is 0 Å². The summed E-state index contributed by atoms with van der Waals surface area (Å²) < 4.78 is 7.34. The lowest BCUT2D eigenvalue weighted by Crippen LogP contribution is -2.25. The fourth-order valence-corrected chi connectivity index (χ4v) is 3.97. The molecule has 0 amide bonds. The van der Waals surface area contributed by atoms with Crippen LogP contribution in [0.25, 0.3) is 11.0 Å². The predicted octanol–water partition coefficient (Wildman–Crippen LogP) is 2.71. The molecule has 0 fully saturated rings. The average Bonchev–Trinajstić information content (AvgIpc) is 3.19. The second-order valence-corrected chi connectivity index (χ2v) is 8.33. The standard InChI is InChI=1S/C21H21N7O4S/c1-26(2)19-17(13-27-18-6-4-3-5-16(18)24-25-27)22-21(23-20(19)29)33-12-11-32-15-9-7-14(8-10-15)28(30)31/h3-10H,11-13H2,1-2H3,(H,22,23,29). The van der Waals surface area contributed by atoms with Crippen LogP contribution < -0.4 is 15.2 Å². The summed E-state index contributed by atoms with van der Waals surface area (Å²) in [5, 5.41) is 19.6. The lowest BCUT2D eigenvalue weighted by atomic mass is 10.3. The highest BCUT2D eigenvalue weighted by molar-refractivity contribution is 7.99. The van der Waals surface area contributed by atoms with Crippen molar-refractivity contribution in [1.29, 1.82) is 0 Å². The predicted molar refractivity (Wildman–Crippen MR) is 125 cm³/mol. The smallest absolute Gasteiger partial charge is 0.275 e. The van der Waals surface area contributed by atoms with Gasteiger partial charge in [0, 0.05) is 32.0 Å². The molecule has 0 saturated carbocycles. The number of nitrogens with one attached hydrogen (secondary N) is 1. The molecule has 2 aromatic carbocycles. The highest BCUT2D eigenvalue weighted by Crippen LogP contribution is 2.21. The third-order valence-electron chi connectivity index (χ3n) is 4.75. The Morgan fingerprint density at radius 3 is 2.67 bits per heavy atom. The second kappa shape index (κ2) is 9.69. The first-order valence-corrected chi connectivity index (χ1v) is 11.0. The number of nitrogens with zero attached hydrogens (tertiary/aromatic N) is 6. The van der Waals surface area contributed by atoms with Crippen LogP contribution in [0.4, 0.5) is 11.4 Å². The van der Waals surface area contributed by atoms with Crippen molar-refractivity contribution < 1.29 is 9.66 Å². The molecule has 12 heteroatoms. The van der Waals surface area contributed by atoms with Crippen molar-refractivity contribution >= 4 is 34.2 Å². The van der Waals surface area contributed by atoms with E-state index in [1.54, 1.807) is 35.8 Å².